The van der Waals surface area contributed by atoms with Crippen LogP contribution < -0.4 is 10.5 Å². The molecule has 0 unspecified atom stereocenters. The molecule has 1 aliphatic heterocycles. The van der Waals surface area contributed by atoms with Gasteiger partial charge in [0.15, 0.2) is 0 Å². The zero-order valence-electron chi connectivity index (χ0n) is 11.5. The second-order valence-corrected chi connectivity index (χ2v) is 4.42. The molecule has 1 aromatic heterocycles. The SMILES string of the molecule is C=C(OCC)c1ccc(=O)n(C)c1N1CCOCC1. The standard InChI is InChI=1S/C14H20N2O3/c1-4-19-11(2)12-5-6-13(17)15(3)14(12)16-7-9-18-10-8-16/h5-6H,2,4,7-10H2,1,3H3. The maximum Gasteiger partial charge on any atom is 0.251 e. The number of pyridine rings is 1. The summed E-state index contributed by atoms with van der Waals surface area (Å²) in [6.07, 6.45) is 0. The monoisotopic (exact) mass is 264 g/mol. The van der Waals surface area contributed by atoms with E-state index in [0.717, 1.165) is 24.5 Å². The van der Waals surface area contributed by atoms with Crippen LogP contribution in [0.3, 0.4) is 0 Å². The summed E-state index contributed by atoms with van der Waals surface area (Å²) in [5.74, 6) is 1.45. The Morgan fingerprint density at radius 3 is 2.74 bits per heavy atom. The highest BCUT2D eigenvalue weighted by molar-refractivity contribution is 5.69. The number of rotatable bonds is 4. The summed E-state index contributed by atoms with van der Waals surface area (Å²) in [5, 5.41) is 0. The predicted octanol–water partition coefficient (Wildman–Crippen LogP) is 1.23. The van der Waals surface area contributed by atoms with Crippen LogP contribution in [0.25, 0.3) is 5.76 Å². The number of ether oxygens (including phenoxy) is 2. The van der Waals surface area contributed by atoms with E-state index >= 15 is 0 Å². The molecule has 0 N–H and O–H groups in total. The number of aromatic nitrogens is 1. The number of anilines is 1. The van der Waals surface area contributed by atoms with Crippen LogP contribution in [0, 0.1) is 0 Å². The average Bonchev–Trinajstić information content (AvgIpc) is 2.43. The average molecular weight is 264 g/mol. The topological polar surface area (TPSA) is 43.7 Å². The van der Waals surface area contributed by atoms with E-state index in [1.54, 1.807) is 23.7 Å². The zero-order chi connectivity index (χ0) is 13.8. The maximum absolute atomic E-state index is 11.8. The van der Waals surface area contributed by atoms with E-state index in [4.69, 9.17) is 9.47 Å². The highest BCUT2D eigenvalue weighted by Crippen LogP contribution is 2.25. The van der Waals surface area contributed by atoms with E-state index in [2.05, 4.69) is 11.5 Å². The van der Waals surface area contributed by atoms with Crippen LogP contribution in [-0.4, -0.2) is 37.5 Å². The molecule has 104 valence electrons. The van der Waals surface area contributed by atoms with Gasteiger partial charge in [-0.3, -0.25) is 9.36 Å². The fraction of sp³-hybridized carbons (Fsp3) is 0.500. The van der Waals surface area contributed by atoms with Crippen LogP contribution >= 0.6 is 0 Å². The molecule has 0 saturated carbocycles. The van der Waals surface area contributed by atoms with Crippen molar-refractivity contribution in [1.82, 2.24) is 4.57 Å². The maximum atomic E-state index is 11.8. The van der Waals surface area contributed by atoms with Crippen LogP contribution in [0.1, 0.15) is 12.5 Å². The Labute approximate surface area is 113 Å². The van der Waals surface area contributed by atoms with Crippen molar-refractivity contribution in [2.75, 3.05) is 37.8 Å². The van der Waals surface area contributed by atoms with Crippen LogP contribution in [0.15, 0.2) is 23.5 Å². The van der Waals surface area contributed by atoms with Gasteiger partial charge in [-0.15, -0.1) is 0 Å². The van der Waals surface area contributed by atoms with Crippen LogP contribution in [0.4, 0.5) is 5.82 Å². The van der Waals surface area contributed by atoms with Gasteiger partial charge in [0.2, 0.25) is 0 Å². The van der Waals surface area contributed by atoms with E-state index in [0.29, 0.717) is 25.6 Å². The zero-order valence-corrected chi connectivity index (χ0v) is 11.5. The normalized spacial score (nSPS) is 15.4. The minimum atomic E-state index is -0.0328. The molecule has 0 spiro atoms. The summed E-state index contributed by atoms with van der Waals surface area (Å²) < 4.78 is 12.5. The van der Waals surface area contributed by atoms with Gasteiger partial charge in [-0.1, -0.05) is 6.58 Å². The van der Waals surface area contributed by atoms with Gasteiger partial charge in [-0.25, -0.2) is 0 Å². The molecule has 0 aromatic carbocycles. The van der Waals surface area contributed by atoms with Gasteiger partial charge < -0.3 is 14.4 Å². The second kappa shape index (κ2) is 5.93. The Balaban J connectivity index is 2.45. The van der Waals surface area contributed by atoms with Gasteiger partial charge in [0.05, 0.1) is 25.4 Å². The molecule has 2 rings (SSSR count). The predicted molar refractivity (Wildman–Crippen MR) is 75.4 cm³/mol. The summed E-state index contributed by atoms with van der Waals surface area (Å²) in [5.41, 5.74) is 0.834. The Morgan fingerprint density at radius 2 is 2.11 bits per heavy atom. The van der Waals surface area contributed by atoms with Gasteiger partial charge in [0, 0.05) is 26.2 Å². The first-order valence-electron chi connectivity index (χ1n) is 6.50. The van der Waals surface area contributed by atoms with E-state index in [1.165, 1.54) is 0 Å². The molecule has 5 heteroatoms. The van der Waals surface area contributed by atoms with Gasteiger partial charge in [-0.2, -0.15) is 0 Å². The molecule has 5 nitrogen and oxygen atoms in total. The second-order valence-electron chi connectivity index (χ2n) is 4.42. The Hall–Kier alpha value is -1.75. The summed E-state index contributed by atoms with van der Waals surface area (Å²) in [6, 6.07) is 3.33. The molecular weight excluding hydrogens is 244 g/mol. The number of morpholine rings is 1. The van der Waals surface area contributed by atoms with Gasteiger partial charge in [-0.05, 0) is 13.0 Å². The quantitative estimate of drug-likeness (QED) is 0.767. The van der Waals surface area contributed by atoms with Crippen molar-refractivity contribution in [2.45, 2.75) is 6.92 Å². The van der Waals surface area contributed by atoms with Gasteiger partial charge in [0.25, 0.3) is 5.56 Å². The van der Waals surface area contributed by atoms with Crippen molar-refractivity contribution in [2.24, 2.45) is 7.05 Å². The smallest absolute Gasteiger partial charge is 0.251 e. The molecule has 19 heavy (non-hydrogen) atoms. The third-order valence-corrected chi connectivity index (χ3v) is 3.21. The van der Waals surface area contributed by atoms with Crippen LogP contribution in [0.5, 0.6) is 0 Å². The van der Waals surface area contributed by atoms with Crippen LogP contribution in [-0.2, 0) is 16.5 Å². The summed E-state index contributed by atoms with van der Waals surface area (Å²) in [6.45, 7) is 9.30. The van der Waals surface area contributed by atoms with Crippen molar-refractivity contribution in [3.8, 4) is 0 Å². The first kappa shape index (κ1) is 13.7. The number of nitrogens with zero attached hydrogens (tertiary/aromatic N) is 2. The summed E-state index contributed by atoms with van der Waals surface area (Å²) in [4.78, 5) is 14.0. The molecular formula is C14H20N2O3. The Morgan fingerprint density at radius 1 is 1.42 bits per heavy atom. The van der Waals surface area contributed by atoms with Crippen molar-refractivity contribution in [3.05, 3.63) is 34.6 Å². The largest absolute Gasteiger partial charge is 0.494 e. The molecule has 0 atom stereocenters. The summed E-state index contributed by atoms with van der Waals surface area (Å²) >= 11 is 0. The van der Waals surface area contributed by atoms with E-state index in [-0.39, 0.29) is 5.56 Å². The van der Waals surface area contributed by atoms with E-state index in [9.17, 15) is 4.79 Å². The molecule has 2 heterocycles. The van der Waals surface area contributed by atoms with Crippen LogP contribution in [0.2, 0.25) is 0 Å². The van der Waals surface area contributed by atoms with Crippen molar-refractivity contribution >= 4 is 11.6 Å². The lowest BCUT2D eigenvalue weighted by Gasteiger charge is -2.32. The summed E-state index contributed by atoms with van der Waals surface area (Å²) in [7, 11) is 1.77. The lowest BCUT2D eigenvalue weighted by Crippen LogP contribution is -2.40. The number of hydrogen-bond donors (Lipinski definition) is 0. The molecule has 1 fully saturated rings. The highest BCUT2D eigenvalue weighted by atomic mass is 16.5. The van der Waals surface area contributed by atoms with Gasteiger partial charge in [0.1, 0.15) is 11.6 Å². The van der Waals surface area contributed by atoms with E-state index in [1.807, 2.05) is 6.92 Å². The van der Waals surface area contributed by atoms with Gasteiger partial charge >= 0.3 is 0 Å². The Bertz CT molecular complexity index is 516. The molecule has 0 amide bonds. The molecule has 1 aliphatic rings. The molecule has 0 aliphatic carbocycles. The minimum absolute atomic E-state index is 0.0328. The molecule has 1 saturated heterocycles. The van der Waals surface area contributed by atoms with Crippen molar-refractivity contribution in [1.29, 1.82) is 0 Å². The number of hydrogen-bond acceptors (Lipinski definition) is 4. The fourth-order valence-electron chi connectivity index (χ4n) is 2.25. The third-order valence-electron chi connectivity index (χ3n) is 3.21. The fourth-order valence-corrected chi connectivity index (χ4v) is 2.25. The minimum Gasteiger partial charge on any atom is -0.494 e. The van der Waals surface area contributed by atoms with Crippen molar-refractivity contribution < 1.29 is 9.47 Å². The molecule has 0 bridgehead atoms. The lowest BCUT2D eigenvalue weighted by atomic mass is 10.2. The highest BCUT2D eigenvalue weighted by Gasteiger charge is 2.19. The first-order valence-corrected chi connectivity index (χ1v) is 6.50. The molecule has 0 radical (unpaired) electrons. The first-order chi connectivity index (χ1) is 9.15. The van der Waals surface area contributed by atoms with E-state index < -0.39 is 0 Å². The molecule has 1 aromatic rings. The Kier molecular flexibility index (Phi) is 4.27. The lowest BCUT2D eigenvalue weighted by molar-refractivity contribution is 0.122. The third kappa shape index (κ3) is 2.81. The van der Waals surface area contributed by atoms with Crippen molar-refractivity contribution in [3.63, 3.8) is 0 Å².